The van der Waals surface area contributed by atoms with Crippen LogP contribution in [0.3, 0.4) is 0 Å². The number of carbonyl (C=O) groups is 1. The van der Waals surface area contributed by atoms with Crippen molar-refractivity contribution in [2.75, 3.05) is 25.5 Å². The predicted octanol–water partition coefficient (Wildman–Crippen LogP) is 4.53. The number of benzene rings is 1. The van der Waals surface area contributed by atoms with E-state index in [4.69, 9.17) is 4.74 Å². The second kappa shape index (κ2) is 9.71. The summed E-state index contributed by atoms with van der Waals surface area (Å²) in [5.74, 6) is -2.60. The maximum absolute atomic E-state index is 13.0. The molecule has 5 rings (SSSR count). The van der Waals surface area contributed by atoms with Crippen LogP contribution in [0.5, 0.6) is 5.75 Å². The molecule has 0 saturated carbocycles. The Bertz CT molecular complexity index is 1420. The van der Waals surface area contributed by atoms with Gasteiger partial charge in [0.25, 0.3) is 0 Å². The number of hydrogen-bond donors (Lipinski definition) is 1. The molecule has 0 bridgehead atoms. The summed E-state index contributed by atoms with van der Waals surface area (Å²) in [6.07, 6.45) is -0.0353. The van der Waals surface area contributed by atoms with Gasteiger partial charge in [-0.3, -0.25) is 5.10 Å². The van der Waals surface area contributed by atoms with E-state index in [0.29, 0.717) is 28.9 Å². The highest BCUT2D eigenvalue weighted by atomic mass is 32.1. The zero-order valence-electron chi connectivity index (χ0n) is 20.3. The van der Waals surface area contributed by atoms with Crippen molar-refractivity contribution in [3.63, 3.8) is 0 Å². The topological polar surface area (TPSA) is 100 Å². The number of H-pyrrole nitrogens is 1. The average Bonchev–Trinajstić information content (AvgIpc) is 3.54. The number of nitrogens with one attached hydrogen (secondary N) is 1. The molecule has 3 aromatic heterocycles. The van der Waals surface area contributed by atoms with Crippen LogP contribution in [0.25, 0.3) is 32.7 Å². The van der Waals surface area contributed by atoms with Crippen LogP contribution in [0.4, 0.5) is 18.3 Å². The summed E-state index contributed by atoms with van der Waals surface area (Å²) >= 11 is 1.43. The molecule has 0 amide bonds. The van der Waals surface area contributed by atoms with E-state index in [0.717, 1.165) is 29.2 Å². The molecular weight excluding hydrogens is 507 g/mol. The fourth-order valence-corrected chi connectivity index (χ4v) is 5.32. The molecule has 4 heterocycles. The lowest BCUT2D eigenvalue weighted by Gasteiger charge is -2.39. The summed E-state index contributed by atoms with van der Waals surface area (Å²) in [4.78, 5) is 20.8. The quantitative estimate of drug-likeness (QED) is 0.296. The number of hydrogen-bond acceptors (Lipinski definition) is 9. The first-order chi connectivity index (χ1) is 17.6. The van der Waals surface area contributed by atoms with E-state index in [2.05, 4.69) is 49.1 Å². The zero-order chi connectivity index (χ0) is 26.3. The number of aromatic nitrogens is 5. The molecular formula is C24H24F3N7O2S. The SMILES string of the molecule is C[C@@H]1C[C@@H](N(C)c2nc3nnc(-c4ccc(-c5cn[nH]c5)cc4OC(=O)C(F)(F)F)cc3s2)CCN1C. The van der Waals surface area contributed by atoms with Crippen LogP contribution in [0.15, 0.2) is 36.7 Å². The Hall–Kier alpha value is -3.58. The third-order valence-corrected chi connectivity index (χ3v) is 7.78. The molecule has 1 aromatic carbocycles. The molecule has 1 fully saturated rings. The third-order valence-electron chi connectivity index (χ3n) is 6.70. The highest BCUT2D eigenvalue weighted by Gasteiger charge is 2.42. The molecule has 1 aliphatic rings. The third kappa shape index (κ3) is 5.14. The summed E-state index contributed by atoms with van der Waals surface area (Å²) in [7, 11) is 4.13. The zero-order valence-corrected chi connectivity index (χ0v) is 21.1. The van der Waals surface area contributed by atoms with Crippen LogP contribution in [0.2, 0.25) is 0 Å². The molecule has 9 nitrogen and oxygen atoms in total. The van der Waals surface area contributed by atoms with E-state index in [1.807, 2.05) is 7.05 Å². The maximum Gasteiger partial charge on any atom is 0.491 e. The van der Waals surface area contributed by atoms with Crippen LogP contribution in [0.1, 0.15) is 19.8 Å². The lowest BCUT2D eigenvalue weighted by molar-refractivity contribution is -0.189. The number of aromatic amines is 1. The van der Waals surface area contributed by atoms with E-state index >= 15 is 0 Å². The molecule has 13 heteroatoms. The number of esters is 1. The Morgan fingerprint density at radius 1 is 1.24 bits per heavy atom. The number of piperidine rings is 1. The van der Waals surface area contributed by atoms with E-state index in [1.165, 1.54) is 23.6 Å². The van der Waals surface area contributed by atoms with Gasteiger partial charge in [-0.1, -0.05) is 17.4 Å². The standard InChI is InChI=1S/C24H24F3N7O2S/c1-13-8-16(6-7-33(13)2)34(3)23-30-21-20(37-23)10-18(31-32-21)17-5-4-14(15-11-28-29-12-15)9-19(17)36-22(35)24(25,26)27/h4-5,9-13,16H,6-8H2,1-3H3,(H,28,29)/t13-,16+/m1/s1. The number of rotatable bonds is 5. The Labute approximate surface area is 214 Å². The first-order valence-corrected chi connectivity index (χ1v) is 12.4. The van der Waals surface area contributed by atoms with Gasteiger partial charge in [0.1, 0.15) is 5.75 Å². The Morgan fingerprint density at radius 3 is 2.76 bits per heavy atom. The van der Waals surface area contributed by atoms with Crippen LogP contribution in [0, 0.1) is 0 Å². The highest BCUT2D eigenvalue weighted by Crippen LogP contribution is 2.37. The van der Waals surface area contributed by atoms with Gasteiger partial charge in [0.2, 0.25) is 0 Å². The van der Waals surface area contributed by atoms with Gasteiger partial charge in [-0.2, -0.15) is 23.3 Å². The number of carbonyl (C=O) groups excluding carboxylic acids is 1. The number of ether oxygens (including phenoxy) is 1. The lowest BCUT2D eigenvalue weighted by Crippen LogP contribution is -2.46. The molecule has 194 valence electrons. The van der Waals surface area contributed by atoms with Crippen LogP contribution < -0.4 is 9.64 Å². The van der Waals surface area contributed by atoms with Crippen molar-refractivity contribution < 1.29 is 22.7 Å². The number of likely N-dealkylation sites (tertiary alicyclic amines) is 1. The fraction of sp³-hybridized carbons (Fsp3) is 0.375. The monoisotopic (exact) mass is 531 g/mol. The van der Waals surface area contributed by atoms with Gasteiger partial charge in [-0.05, 0) is 50.6 Å². The number of thiazole rings is 1. The summed E-state index contributed by atoms with van der Waals surface area (Å²) < 4.78 is 44.5. The molecule has 1 N–H and O–H groups in total. The Kier molecular flexibility index (Phi) is 6.58. The summed E-state index contributed by atoms with van der Waals surface area (Å²) in [5, 5.41) is 15.7. The largest absolute Gasteiger partial charge is 0.491 e. The molecule has 4 aromatic rings. The van der Waals surface area contributed by atoms with Crippen molar-refractivity contribution in [1.82, 2.24) is 30.3 Å². The van der Waals surface area contributed by atoms with Crippen molar-refractivity contribution in [2.24, 2.45) is 0 Å². The van der Waals surface area contributed by atoms with Gasteiger partial charge < -0.3 is 14.5 Å². The molecule has 1 saturated heterocycles. The first-order valence-electron chi connectivity index (χ1n) is 11.6. The van der Waals surface area contributed by atoms with Gasteiger partial charge in [-0.25, -0.2) is 4.79 Å². The number of anilines is 1. The van der Waals surface area contributed by atoms with Crippen LogP contribution >= 0.6 is 11.3 Å². The van der Waals surface area contributed by atoms with Gasteiger partial charge in [0.15, 0.2) is 10.8 Å². The van der Waals surface area contributed by atoms with Crippen LogP contribution in [-0.2, 0) is 4.79 Å². The molecule has 1 aliphatic heterocycles. The van der Waals surface area contributed by atoms with E-state index in [1.54, 1.807) is 24.4 Å². The number of nitrogens with zero attached hydrogens (tertiary/aromatic N) is 6. The molecule has 0 unspecified atom stereocenters. The minimum atomic E-state index is -5.15. The average molecular weight is 532 g/mol. The van der Waals surface area contributed by atoms with Crippen molar-refractivity contribution in [1.29, 1.82) is 0 Å². The van der Waals surface area contributed by atoms with E-state index in [-0.39, 0.29) is 17.0 Å². The minimum absolute atomic E-state index is 0.201. The molecule has 0 radical (unpaired) electrons. The van der Waals surface area contributed by atoms with Gasteiger partial charge >= 0.3 is 12.1 Å². The van der Waals surface area contributed by atoms with Gasteiger partial charge in [0, 0.05) is 43.0 Å². The molecule has 0 spiro atoms. The van der Waals surface area contributed by atoms with Crippen molar-refractivity contribution in [3.05, 3.63) is 36.7 Å². The van der Waals surface area contributed by atoms with Crippen molar-refractivity contribution >= 4 is 32.8 Å². The number of fused-ring (bicyclic) bond motifs is 1. The molecule has 0 aliphatic carbocycles. The summed E-state index contributed by atoms with van der Waals surface area (Å²) in [6.45, 7) is 3.20. The number of halogens is 3. The summed E-state index contributed by atoms with van der Waals surface area (Å²) in [5.41, 5.74) is 2.05. The van der Waals surface area contributed by atoms with Gasteiger partial charge in [-0.15, -0.1) is 10.2 Å². The second-order valence-corrected chi connectivity index (χ2v) is 10.1. The van der Waals surface area contributed by atoms with E-state index in [9.17, 15) is 18.0 Å². The highest BCUT2D eigenvalue weighted by molar-refractivity contribution is 7.22. The lowest BCUT2D eigenvalue weighted by atomic mass is 9.98. The smallest absolute Gasteiger partial charge is 0.419 e. The fourth-order valence-electron chi connectivity index (χ4n) is 4.35. The van der Waals surface area contributed by atoms with Gasteiger partial charge in [0.05, 0.1) is 16.6 Å². The first kappa shape index (κ1) is 25.1. The van der Waals surface area contributed by atoms with Crippen LogP contribution in [-0.4, -0.2) is 75.1 Å². The minimum Gasteiger partial charge on any atom is -0.419 e. The Morgan fingerprint density at radius 2 is 2.05 bits per heavy atom. The summed E-state index contributed by atoms with van der Waals surface area (Å²) in [6, 6.07) is 7.08. The second-order valence-electron chi connectivity index (χ2n) is 9.12. The number of alkyl halides is 3. The molecule has 37 heavy (non-hydrogen) atoms. The Balaban J connectivity index is 1.48. The predicted molar refractivity (Wildman–Crippen MR) is 133 cm³/mol. The van der Waals surface area contributed by atoms with Crippen molar-refractivity contribution in [2.45, 2.75) is 38.0 Å². The molecule has 2 atom stereocenters. The normalized spacial score (nSPS) is 18.8. The van der Waals surface area contributed by atoms with E-state index < -0.39 is 12.1 Å². The van der Waals surface area contributed by atoms with Crippen molar-refractivity contribution in [3.8, 4) is 28.1 Å². The maximum atomic E-state index is 13.0.